The minimum Gasteiger partial charge on any atom is -0.486 e. The van der Waals surface area contributed by atoms with E-state index < -0.39 is 0 Å². The molecule has 3 aromatic heterocycles. The number of fused-ring (bicyclic) bond motifs is 1. The lowest BCUT2D eigenvalue weighted by Crippen LogP contribution is -2.33. The van der Waals surface area contributed by atoms with Crippen LogP contribution in [-0.2, 0) is 6.54 Å². The average Bonchev–Trinajstić information content (AvgIpc) is 3.44. The van der Waals surface area contributed by atoms with Crippen molar-refractivity contribution >= 4 is 11.6 Å². The van der Waals surface area contributed by atoms with Crippen LogP contribution in [0.3, 0.4) is 0 Å². The number of pyridine rings is 1. The fourth-order valence-corrected chi connectivity index (χ4v) is 3.11. The molecule has 1 atom stereocenters. The topological polar surface area (TPSA) is 104 Å². The molecule has 4 aromatic rings. The Labute approximate surface area is 171 Å². The molecule has 0 saturated carbocycles. The first kappa shape index (κ1) is 17.9. The number of ether oxygens (including phenoxy) is 2. The fraction of sp³-hybridized carbons (Fsp3) is 0.143. The monoisotopic (exact) mass is 403 g/mol. The van der Waals surface area contributed by atoms with Gasteiger partial charge in [0, 0.05) is 30.2 Å². The Hall–Kier alpha value is -4.14. The molecule has 1 unspecified atom stereocenters. The molecule has 4 heterocycles. The summed E-state index contributed by atoms with van der Waals surface area (Å²) in [5, 5.41) is 10.9. The van der Waals surface area contributed by atoms with Crippen molar-refractivity contribution in [3.8, 4) is 22.8 Å². The molecule has 5 rings (SSSR count). The molecule has 0 aliphatic carbocycles. The van der Waals surface area contributed by atoms with E-state index in [4.69, 9.17) is 14.0 Å². The summed E-state index contributed by atoms with van der Waals surface area (Å²) >= 11 is 0. The van der Waals surface area contributed by atoms with E-state index in [2.05, 4.69) is 20.6 Å². The van der Waals surface area contributed by atoms with E-state index in [0.717, 1.165) is 11.3 Å². The molecule has 1 aliphatic heterocycles. The third-order valence-corrected chi connectivity index (χ3v) is 4.54. The summed E-state index contributed by atoms with van der Waals surface area (Å²) in [5.41, 5.74) is 1.46. The van der Waals surface area contributed by atoms with Gasteiger partial charge in [-0.2, -0.15) is 5.10 Å². The van der Waals surface area contributed by atoms with Crippen LogP contribution in [0.1, 0.15) is 10.5 Å². The zero-order valence-electron chi connectivity index (χ0n) is 15.8. The molecule has 9 heteroatoms. The Morgan fingerprint density at radius 3 is 2.93 bits per heavy atom. The van der Waals surface area contributed by atoms with Crippen molar-refractivity contribution in [2.24, 2.45) is 0 Å². The first-order chi connectivity index (χ1) is 14.7. The number of hydrogen-bond donors (Lipinski definition) is 1. The quantitative estimate of drug-likeness (QED) is 0.546. The Morgan fingerprint density at radius 1 is 1.17 bits per heavy atom. The summed E-state index contributed by atoms with van der Waals surface area (Å²) in [6.45, 7) is 0.911. The van der Waals surface area contributed by atoms with Crippen LogP contribution in [0.25, 0.3) is 11.3 Å². The molecule has 1 amide bonds. The van der Waals surface area contributed by atoms with E-state index in [0.29, 0.717) is 30.3 Å². The number of hydrogen-bond acceptors (Lipinski definition) is 7. The summed E-state index contributed by atoms with van der Waals surface area (Å²) in [4.78, 5) is 16.5. The highest BCUT2D eigenvalue weighted by Crippen LogP contribution is 2.31. The molecule has 0 radical (unpaired) electrons. The van der Waals surface area contributed by atoms with Crippen LogP contribution < -0.4 is 14.8 Å². The summed E-state index contributed by atoms with van der Waals surface area (Å²) in [7, 11) is 0. The van der Waals surface area contributed by atoms with Gasteiger partial charge in [-0.1, -0.05) is 17.3 Å². The summed E-state index contributed by atoms with van der Waals surface area (Å²) in [5.74, 6) is 1.53. The molecule has 9 nitrogen and oxygen atoms in total. The molecule has 1 aliphatic rings. The number of carbonyl (C=O) groups is 1. The minimum absolute atomic E-state index is 0.169. The lowest BCUT2D eigenvalue weighted by molar-refractivity contribution is 0.0759. The molecule has 0 fully saturated rings. The van der Waals surface area contributed by atoms with Gasteiger partial charge in [0.1, 0.15) is 6.61 Å². The Kier molecular flexibility index (Phi) is 4.60. The van der Waals surface area contributed by atoms with E-state index in [1.165, 1.54) is 0 Å². The lowest BCUT2D eigenvalue weighted by atomic mass is 10.2. The number of amides is 1. The average molecular weight is 403 g/mol. The fourth-order valence-electron chi connectivity index (χ4n) is 3.11. The van der Waals surface area contributed by atoms with Gasteiger partial charge in [0.25, 0.3) is 5.91 Å². The smallest absolute Gasteiger partial charge is 0.277 e. The molecule has 1 N–H and O–H groups in total. The third kappa shape index (κ3) is 3.72. The maximum Gasteiger partial charge on any atom is 0.277 e. The van der Waals surface area contributed by atoms with E-state index in [1.807, 2.05) is 30.3 Å². The van der Waals surface area contributed by atoms with E-state index in [1.54, 1.807) is 41.6 Å². The Morgan fingerprint density at radius 2 is 2.07 bits per heavy atom. The van der Waals surface area contributed by atoms with Gasteiger partial charge >= 0.3 is 0 Å². The molecular formula is C21H17N5O4. The van der Waals surface area contributed by atoms with Crippen LogP contribution >= 0.6 is 0 Å². The van der Waals surface area contributed by atoms with Gasteiger partial charge in [-0.25, -0.2) is 0 Å². The second-order valence-corrected chi connectivity index (χ2v) is 6.72. The van der Waals surface area contributed by atoms with E-state index in [-0.39, 0.29) is 17.7 Å². The van der Waals surface area contributed by atoms with Gasteiger partial charge in [0.05, 0.1) is 18.4 Å². The van der Waals surface area contributed by atoms with Crippen LogP contribution in [0.2, 0.25) is 0 Å². The van der Waals surface area contributed by atoms with Crippen LogP contribution in [-0.4, -0.2) is 38.5 Å². The van der Waals surface area contributed by atoms with Crippen molar-refractivity contribution in [2.75, 3.05) is 11.9 Å². The number of aromatic nitrogens is 4. The number of carbonyl (C=O) groups excluding carboxylic acids is 1. The molecular weight excluding hydrogens is 386 g/mol. The van der Waals surface area contributed by atoms with Gasteiger partial charge in [0.15, 0.2) is 29.1 Å². The van der Waals surface area contributed by atoms with E-state index in [9.17, 15) is 4.79 Å². The highest BCUT2D eigenvalue weighted by molar-refractivity contribution is 6.03. The van der Waals surface area contributed by atoms with Crippen LogP contribution in [0.15, 0.2) is 71.8 Å². The number of para-hydroxylation sites is 2. The minimum atomic E-state index is -0.389. The number of anilines is 1. The SMILES string of the molecule is O=C(Nc1cnn(CC2COc3ccccc3O2)c1)c1cc(-c2cccnc2)on1. The Bertz CT molecular complexity index is 1170. The number of rotatable bonds is 5. The van der Waals surface area contributed by atoms with Gasteiger partial charge in [-0.3, -0.25) is 14.5 Å². The number of nitrogens with zero attached hydrogens (tertiary/aromatic N) is 4. The first-order valence-electron chi connectivity index (χ1n) is 9.34. The maximum absolute atomic E-state index is 12.5. The predicted molar refractivity (Wildman–Crippen MR) is 106 cm³/mol. The second-order valence-electron chi connectivity index (χ2n) is 6.72. The highest BCUT2D eigenvalue weighted by atomic mass is 16.6. The van der Waals surface area contributed by atoms with Crippen LogP contribution in [0.4, 0.5) is 5.69 Å². The maximum atomic E-state index is 12.5. The van der Waals surface area contributed by atoms with Crippen molar-refractivity contribution in [2.45, 2.75) is 12.6 Å². The largest absolute Gasteiger partial charge is 0.486 e. The summed E-state index contributed by atoms with van der Waals surface area (Å²) in [6, 6.07) is 12.7. The molecule has 30 heavy (non-hydrogen) atoms. The molecule has 150 valence electrons. The van der Waals surface area contributed by atoms with Gasteiger partial charge < -0.3 is 19.3 Å². The number of benzene rings is 1. The molecule has 0 bridgehead atoms. The summed E-state index contributed by atoms with van der Waals surface area (Å²) in [6.07, 6.45) is 6.42. The molecule has 1 aromatic carbocycles. The normalized spacial score (nSPS) is 15.0. The lowest BCUT2D eigenvalue weighted by Gasteiger charge is -2.26. The molecule has 0 saturated heterocycles. The van der Waals surface area contributed by atoms with Crippen LogP contribution in [0.5, 0.6) is 11.5 Å². The third-order valence-electron chi connectivity index (χ3n) is 4.54. The van der Waals surface area contributed by atoms with Gasteiger partial charge in [-0.15, -0.1) is 0 Å². The standard InChI is InChI=1S/C21H17N5O4/c27-21(17-8-20(30-25-17)14-4-3-7-22-9-14)24-15-10-23-26(11-15)12-16-13-28-18-5-1-2-6-19(18)29-16/h1-11,16H,12-13H2,(H,24,27). The van der Waals surface area contributed by atoms with E-state index >= 15 is 0 Å². The van der Waals surface area contributed by atoms with Crippen molar-refractivity contribution in [1.82, 2.24) is 19.9 Å². The zero-order valence-corrected chi connectivity index (χ0v) is 15.8. The van der Waals surface area contributed by atoms with Crippen molar-refractivity contribution < 1.29 is 18.8 Å². The number of nitrogens with one attached hydrogen (secondary N) is 1. The first-order valence-corrected chi connectivity index (χ1v) is 9.34. The summed E-state index contributed by atoms with van der Waals surface area (Å²) < 4.78 is 18.6. The van der Waals surface area contributed by atoms with Crippen LogP contribution in [0, 0.1) is 0 Å². The highest BCUT2D eigenvalue weighted by Gasteiger charge is 2.21. The molecule has 0 spiro atoms. The van der Waals surface area contributed by atoms with Gasteiger partial charge in [-0.05, 0) is 24.3 Å². The van der Waals surface area contributed by atoms with Crippen molar-refractivity contribution in [3.63, 3.8) is 0 Å². The predicted octanol–water partition coefficient (Wildman–Crippen LogP) is 3.03. The van der Waals surface area contributed by atoms with Gasteiger partial charge in [0.2, 0.25) is 0 Å². The second kappa shape index (κ2) is 7.70. The Balaban J connectivity index is 1.21. The van der Waals surface area contributed by atoms with Crippen molar-refractivity contribution in [3.05, 3.63) is 72.9 Å². The zero-order chi connectivity index (χ0) is 20.3. The van der Waals surface area contributed by atoms with Crippen molar-refractivity contribution in [1.29, 1.82) is 0 Å².